The maximum absolute atomic E-state index is 13.1. The van der Waals surface area contributed by atoms with Crippen LogP contribution in [0.3, 0.4) is 0 Å². The summed E-state index contributed by atoms with van der Waals surface area (Å²) in [6.07, 6.45) is 8.17. The number of nitrogens with zero attached hydrogens (tertiary/aromatic N) is 2. The molecule has 38 heavy (non-hydrogen) atoms. The van der Waals surface area contributed by atoms with E-state index in [1.165, 1.54) is 49.6 Å². The number of nitrogens with one attached hydrogen (secondary N) is 1. The predicted molar refractivity (Wildman–Crippen MR) is 152 cm³/mol. The van der Waals surface area contributed by atoms with Crippen LogP contribution >= 0.6 is 11.6 Å². The molecule has 4 fully saturated rings. The fourth-order valence-electron chi connectivity index (χ4n) is 6.65. The number of hydrogen-bond acceptors (Lipinski definition) is 4. The van der Waals surface area contributed by atoms with Gasteiger partial charge in [-0.05, 0) is 91.8 Å². The van der Waals surface area contributed by atoms with Crippen LogP contribution in [0.2, 0.25) is 23.2 Å². The number of amides is 2. The van der Waals surface area contributed by atoms with Crippen molar-refractivity contribution in [2.75, 3.05) is 26.2 Å². The van der Waals surface area contributed by atoms with Crippen LogP contribution in [0.25, 0.3) is 0 Å². The number of pyridine rings is 1. The summed E-state index contributed by atoms with van der Waals surface area (Å²) in [5, 5.41) is 13.1. The fourth-order valence-corrected chi connectivity index (χ4v) is 7.87. The van der Waals surface area contributed by atoms with Crippen molar-refractivity contribution in [3.05, 3.63) is 28.5 Å². The Morgan fingerprint density at radius 2 is 1.82 bits per heavy atom. The van der Waals surface area contributed by atoms with Gasteiger partial charge in [-0.3, -0.25) is 9.69 Å². The molecule has 0 unspecified atom stereocenters. The molecule has 9 heteroatoms. The van der Waals surface area contributed by atoms with Gasteiger partial charge >= 0.3 is 6.09 Å². The summed E-state index contributed by atoms with van der Waals surface area (Å²) in [7, 11) is -1.96. The number of carboxylic acid groups (broad SMARTS) is 1. The molecule has 0 radical (unpaired) electrons. The van der Waals surface area contributed by atoms with Crippen molar-refractivity contribution in [2.45, 2.75) is 77.4 Å². The lowest BCUT2D eigenvalue weighted by atomic mass is 9.49. The Bertz CT molecular complexity index is 1090. The van der Waals surface area contributed by atoms with Crippen molar-refractivity contribution < 1.29 is 19.1 Å². The topological polar surface area (TPSA) is 91.8 Å². The highest BCUT2D eigenvalue weighted by molar-refractivity contribution is 6.74. The molecule has 4 saturated carbocycles. The van der Waals surface area contributed by atoms with Crippen LogP contribution in [0.15, 0.2) is 12.3 Å². The van der Waals surface area contributed by atoms with E-state index in [1.54, 1.807) is 6.07 Å². The second kappa shape index (κ2) is 11.2. The number of rotatable bonds is 8. The Balaban J connectivity index is 1.33. The molecular formula is C29H42ClN3O4Si. The molecule has 5 rings (SSSR count). The maximum Gasteiger partial charge on any atom is 0.408 e. The summed E-state index contributed by atoms with van der Waals surface area (Å²) >= 11 is 6.33. The van der Waals surface area contributed by atoms with Crippen molar-refractivity contribution in [1.82, 2.24) is 15.2 Å². The smallest absolute Gasteiger partial charge is 0.408 e. The van der Waals surface area contributed by atoms with Gasteiger partial charge in [0.05, 0.1) is 23.7 Å². The molecule has 1 aromatic heterocycles. The van der Waals surface area contributed by atoms with Gasteiger partial charge in [0, 0.05) is 19.3 Å². The largest absolute Gasteiger partial charge is 0.465 e. The third-order valence-corrected chi connectivity index (χ3v) is 14.1. The van der Waals surface area contributed by atoms with Crippen LogP contribution < -0.4 is 5.32 Å². The molecule has 0 saturated heterocycles. The molecular weight excluding hydrogens is 518 g/mol. The Morgan fingerprint density at radius 3 is 2.37 bits per heavy atom. The maximum atomic E-state index is 13.1. The number of carbonyl (C=O) groups excluding carboxylic acids is 1. The van der Waals surface area contributed by atoms with E-state index in [0.717, 1.165) is 17.8 Å². The van der Waals surface area contributed by atoms with Gasteiger partial charge in [-0.15, -0.1) is 0 Å². The van der Waals surface area contributed by atoms with Crippen molar-refractivity contribution in [2.24, 2.45) is 23.2 Å². The SMILES string of the molecule is CC(C)(C)[Si](C)(C)OCCN(CC#Cc1cc(C(=O)NCC23CC4CC(CC(C4)C2)C3)c(Cl)cn1)C(=O)O. The molecule has 0 atom stereocenters. The van der Waals surface area contributed by atoms with E-state index in [4.69, 9.17) is 16.0 Å². The molecule has 4 aliphatic rings. The molecule has 2 N–H and O–H groups in total. The summed E-state index contributed by atoms with van der Waals surface area (Å²) in [6.45, 7) is 12.0. The minimum atomic E-state index is -1.96. The highest BCUT2D eigenvalue weighted by Crippen LogP contribution is 2.59. The molecule has 208 valence electrons. The number of hydrogen-bond donors (Lipinski definition) is 2. The van der Waals surface area contributed by atoms with Gasteiger partial charge in [-0.2, -0.15) is 0 Å². The summed E-state index contributed by atoms with van der Waals surface area (Å²) in [4.78, 5) is 30.3. The van der Waals surface area contributed by atoms with Crippen molar-refractivity contribution in [3.8, 4) is 11.8 Å². The highest BCUT2D eigenvalue weighted by atomic mass is 35.5. The molecule has 0 spiro atoms. The standard InChI is InChI=1S/C29H42ClN3O4Si/c1-28(2,3)38(4,5)37-10-9-33(27(35)36)8-6-7-23-14-24(25(30)18-31-23)26(34)32-19-29-15-20-11-21(16-29)13-22(12-20)17-29/h14,18,20-22H,8-13,15-17,19H2,1-5H3,(H,32,34)(H,35,36). The van der Waals surface area contributed by atoms with Crippen LogP contribution in [-0.4, -0.2) is 61.5 Å². The quantitative estimate of drug-likeness (QED) is 0.299. The van der Waals surface area contributed by atoms with Crippen LogP contribution in [0.4, 0.5) is 4.79 Å². The van der Waals surface area contributed by atoms with E-state index in [2.05, 4.69) is 56.0 Å². The third-order valence-electron chi connectivity index (χ3n) is 9.28. The zero-order chi connectivity index (χ0) is 27.7. The third kappa shape index (κ3) is 6.73. The van der Waals surface area contributed by atoms with Gasteiger partial charge in [0.2, 0.25) is 0 Å². The van der Waals surface area contributed by atoms with Crippen molar-refractivity contribution in [3.63, 3.8) is 0 Å². The first-order valence-electron chi connectivity index (χ1n) is 13.8. The summed E-state index contributed by atoms with van der Waals surface area (Å²) in [5.74, 6) is 8.06. The second-order valence-electron chi connectivity index (χ2n) is 13.3. The van der Waals surface area contributed by atoms with E-state index in [0.29, 0.717) is 24.4 Å². The Labute approximate surface area is 233 Å². The van der Waals surface area contributed by atoms with Gasteiger partial charge in [-0.25, -0.2) is 9.78 Å². The van der Waals surface area contributed by atoms with E-state index in [1.807, 2.05) is 0 Å². The zero-order valence-corrected chi connectivity index (χ0v) is 25.2. The summed E-state index contributed by atoms with van der Waals surface area (Å²) < 4.78 is 6.11. The van der Waals surface area contributed by atoms with Gasteiger partial charge in [0.25, 0.3) is 5.91 Å². The van der Waals surface area contributed by atoms with E-state index in [-0.39, 0.29) is 34.5 Å². The monoisotopic (exact) mass is 559 g/mol. The molecule has 4 aliphatic carbocycles. The number of halogens is 1. The van der Waals surface area contributed by atoms with Gasteiger partial charge in [0.15, 0.2) is 8.32 Å². The van der Waals surface area contributed by atoms with Crippen molar-refractivity contribution >= 4 is 31.9 Å². The first-order chi connectivity index (χ1) is 17.8. The lowest BCUT2D eigenvalue weighted by Gasteiger charge is -2.56. The van der Waals surface area contributed by atoms with Gasteiger partial charge in [0.1, 0.15) is 5.69 Å². The molecule has 2 amide bonds. The normalized spacial score (nSPS) is 26.0. The molecule has 0 aromatic carbocycles. The average molecular weight is 560 g/mol. The minimum Gasteiger partial charge on any atom is -0.465 e. The Kier molecular flexibility index (Phi) is 8.51. The lowest BCUT2D eigenvalue weighted by Crippen LogP contribution is -2.51. The summed E-state index contributed by atoms with van der Waals surface area (Å²) in [5.41, 5.74) is 0.979. The lowest BCUT2D eigenvalue weighted by molar-refractivity contribution is -0.0503. The number of aromatic nitrogens is 1. The van der Waals surface area contributed by atoms with Crippen LogP contribution in [0.5, 0.6) is 0 Å². The van der Waals surface area contributed by atoms with E-state index < -0.39 is 14.4 Å². The van der Waals surface area contributed by atoms with Crippen LogP contribution in [-0.2, 0) is 4.43 Å². The summed E-state index contributed by atoms with van der Waals surface area (Å²) in [6, 6.07) is 1.59. The minimum absolute atomic E-state index is 0.0219. The van der Waals surface area contributed by atoms with E-state index >= 15 is 0 Å². The first kappa shape index (κ1) is 28.9. The molecule has 4 bridgehead atoms. The Hall–Kier alpha value is -2.08. The highest BCUT2D eigenvalue weighted by Gasteiger charge is 2.50. The van der Waals surface area contributed by atoms with Gasteiger partial charge in [-0.1, -0.05) is 38.3 Å². The second-order valence-corrected chi connectivity index (χ2v) is 18.5. The van der Waals surface area contributed by atoms with Crippen LogP contribution in [0.1, 0.15) is 75.3 Å². The fraction of sp³-hybridized carbons (Fsp3) is 0.690. The number of carbonyl (C=O) groups is 2. The molecule has 1 heterocycles. The Morgan fingerprint density at radius 1 is 1.21 bits per heavy atom. The first-order valence-corrected chi connectivity index (χ1v) is 17.1. The van der Waals surface area contributed by atoms with E-state index in [9.17, 15) is 14.7 Å². The van der Waals surface area contributed by atoms with Gasteiger partial charge < -0.3 is 14.8 Å². The molecule has 1 aromatic rings. The predicted octanol–water partition coefficient (Wildman–Crippen LogP) is 6.03. The molecule has 0 aliphatic heterocycles. The van der Waals surface area contributed by atoms with Crippen LogP contribution in [0, 0.1) is 35.0 Å². The zero-order valence-electron chi connectivity index (χ0n) is 23.4. The van der Waals surface area contributed by atoms with Crippen molar-refractivity contribution in [1.29, 1.82) is 0 Å². The average Bonchev–Trinajstić information content (AvgIpc) is 2.81. The molecule has 7 nitrogen and oxygen atoms in total.